The first-order valence-electron chi connectivity index (χ1n) is 10.4. The van der Waals surface area contributed by atoms with Gasteiger partial charge in [0, 0.05) is 11.1 Å². The van der Waals surface area contributed by atoms with Gasteiger partial charge in [-0.2, -0.15) is 0 Å². The van der Waals surface area contributed by atoms with Crippen LogP contribution in [0.2, 0.25) is 0 Å². The highest BCUT2D eigenvalue weighted by molar-refractivity contribution is 6.09. The number of hydrogen-bond acceptors (Lipinski definition) is 5. The van der Waals surface area contributed by atoms with Gasteiger partial charge in [-0.15, -0.1) is 0 Å². The van der Waals surface area contributed by atoms with Crippen LogP contribution >= 0.6 is 0 Å². The lowest BCUT2D eigenvalue weighted by Gasteiger charge is -2.09. The van der Waals surface area contributed by atoms with Gasteiger partial charge in [0.1, 0.15) is 17.2 Å². The zero-order valence-corrected chi connectivity index (χ0v) is 17.6. The zero-order chi connectivity index (χ0) is 21.9. The highest BCUT2D eigenvalue weighted by Crippen LogP contribution is 2.19. The average Bonchev–Trinajstić information content (AvgIpc) is 2.82. The Hall–Kier alpha value is -3.60. The molecule has 0 aliphatic heterocycles. The highest BCUT2D eigenvalue weighted by atomic mass is 16.6. The molecule has 0 amide bonds. The molecule has 0 heterocycles. The van der Waals surface area contributed by atoms with Crippen molar-refractivity contribution in [2.45, 2.75) is 26.2 Å². The molecule has 0 unspecified atom stereocenters. The summed E-state index contributed by atoms with van der Waals surface area (Å²) in [4.78, 5) is 24.5. The Morgan fingerprint density at radius 3 is 1.90 bits per heavy atom. The average molecular weight is 418 g/mol. The second kappa shape index (κ2) is 11.6. The van der Waals surface area contributed by atoms with Crippen molar-refractivity contribution < 1.29 is 23.8 Å². The quantitative estimate of drug-likeness (QED) is 0.179. The minimum Gasteiger partial charge on any atom is -0.494 e. The van der Waals surface area contributed by atoms with Crippen molar-refractivity contribution in [2.75, 3.05) is 13.2 Å². The molecule has 0 saturated carbocycles. The van der Waals surface area contributed by atoms with Gasteiger partial charge in [0.2, 0.25) is 0 Å². The van der Waals surface area contributed by atoms with Gasteiger partial charge in [0.05, 0.1) is 6.61 Å². The van der Waals surface area contributed by atoms with Crippen molar-refractivity contribution in [1.29, 1.82) is 0 Å². The van der Waals surface area contributed by atoms with Crippen molar-refractivity contribution in [3.05, 3.63) is 90.0 Å². The number of hydrogen-bond donors (Lipinski definition) is 0. The maximum absolute atomic E-state index is 12.4. The first-order chi connectivity index (χ1) is 15.2. The number of unbranched alkanes of at least 4 members (excludes halogenated alkanes) is 2. The van der Waals surface area contributed by atoms with E-state index in [1.807, 2.05) is 30.3 Å². The van der Waals surface area contributed by atoms with Crippen molar-refractivity contribution >= 4 is 11.8 Å². The Kier molecular flexibility index (Phi) is 8.23. The van der Waals surface area contributed by atoms with Gasteiger partial charge in [-0.3, -0.25) is 4.79 Å². The lowest BCUT2D eigenvalue weighted by atomic mass is 10.0. The van der Waals surface area contributed by atoms with Crippen LogP contribution in [0.3, 0.4) is 0 Å². The maximum Gasteiger partial charge on any atom is 0.349 e. The zero-order valence-electron chi connectivity index (χ0n) is 17.6. The number of ether oxygens (including phenoxy) is 3. The molecule has 160 valence electrons. The normalized spacial score (nSPS) is 10.4. The van der Waals surface area contributed by atoms with E-state index in [4.69, 9.17) is 14.2 Å². The van der Waals surface area contributed by atoms with E-state index in [2.05, 4.69) is 6.92 Å². The van der Waals surface area contributed by atoms with Crippen LogP contribution < -0.4 is 14.2 Å². The van der Waals surface area contributed by atoms with E-state index in [1.165, 1.54) is 0 Å². The van der Waals surface area contributed by atoms with Gasteiger partial charge >= 0.3 is 5.97 Å². The summed E-state index contributed by atoms with van der Waals surface area (Å²) < 4.78 is 16.4. The molecule has 0 saturated heterocycles. The van der Waals surface area contributed by atoms with E-state index in [-0.39, 0.29) is 12.4 Å². The largest absolute Gasteiger partial charge is 0.494 e. The SMILES string of the molecule is CCCCCOc1ccc(OCC(=O)Oc2ccc(C(=O)c3ccccc3)cc2)cc1. The van der Waals surface area contributed by atoms with Crippen molar-refractivity contribution in [3.63, 3.8) is 0 Å². The summed E-state index contributed by atoms with van der Waals surface area (Å²) in [6.45, 7) is 2.62. The van der Waals surface area contributed by atoms with Gasteiger partial charge in [-0.05, 0) is 55.0 Å². The van der Waals surface area contributed by atoms with E-state index in [0.29, 0.717) is 29.2 Å². The summed E-state index contributed by atoms with van der Waals surface area (Å²) in [6.07, 6.45) is 3.33. The van der Waals surface area contributed by atoms with Crippen LogP contribution in [0.15, 0.2) is 78.9 Å². The number of carbonyl (C=O) groups is 2. The summed E-state index contributed by atoms with van der Waals surface area (Å²) in [5.41, 5.74) is 1.14. The standard InChI is InChI=1S/C26H26O5/c1-2-3-7-18-29-22-14-16-23(17-15-22)30-19-25(27)31-24-12-10-21(11-13-24)26(28)20-8-5-4-6-9-20/h4-6,8-17H,2-3,7,18-19H2,1H3. The van der Waals surface area contributed by atoms with E-state index in [0.717, 1.165) is 25.0 Å². The molecule has 0 radical (unpaired) electrons. The third-order valence-electron chi connectivity index (χ3n) is 4.58. The molecular formula is C26H26O5. The predicted octanol–water partition coefficient (Wildman–Crippen LogP) is 5.47. The Morgan fingerprint density at radius 1 is 0.677 bits per heavy atom. The fraction of sp³-hybridized carbons (Fsp3) is 0.231. The molecule has 5 nitrogen and oxygen atoms in total. The first kappa shape index (κ1) is 22.1. The predicted molar refractivity (Wildman–Crippen MR) is 119 cm³/mol. The van der Waals surface area contributed by atoms with Crippen LogP contribution in [0, 0.1) is 0 Å². The fourth-order valence-corrected chi connectivity index (χ4v) is 2.91. The van der Waals surface area contributed by atoms with Gasteiger partial charge in [-0.25, -0.2) is 4.79 Å². The summed E-state index contributed by atoms with van der Waals surface area (Å²) in [5, 5.41) is 0. The van der Waals surface area contributed by atoms with E-state index < -0.39 is 5.97 Å². The van der Waals surface area contributed by atoms with E-state index in [9.17, 15) is 9.59 Å². The summed E-state index contributed by atoms with van der Waals surface area (Å²) in [7, 11) is 0. The minimum atomic E-state index is -0.526. The molecule has 0 fully saturated rings. The number of benzene rings is 3. The van der Waals surface area contributed by atoms with Crippen molar-refractivity contribution in [2.24, 2.45) is 0 Å². The second-order valence-electron chi connectivity index (χ2n) is 7.01. The number of rotatable bonds is 11. The van der Waals surface area contributed by atoms with Crippen molar-refractivity contribution in [1.82, 2.24) is 0 Å². The molecule has 0 aromatic heterocycles. The Balaban J connectivity index is 1.45. The first-order valence-corrected chi connectivity index (χ1v) is 10.4. The minimum absolute atomic E-state index is 0.0837. The molecule has 0 bridgehead atoms. The van der Waals surface area contributed by atoms with Crippen LogP contribution in [-0.2, 0) is 4.79 Å². The van der Waals surface area contributed by atoms with Crippen LogP contribution in [0.1, 0.15) is 42.1 Å². The van der Waals surface area contributed by atoms with E-state index >= 15 is 0 Å². The molecule has 0 atom stereocenters. The van der Waals surface area contributed by atoms with Gasteiger partial charge in [0.25, 0.3) is 0 Å². The smallest absolute Gasteiger partial charge is 0.349 e. The number of esters is 1. The third-order valence-corrected chi connectivity index (χ3v) is 4.58. The summed E-state index contributed by atoms with van der Waals surface area (Å²) >= 11 is 0. The highest BCUT2D eigenvalue weighted by Gasteiger charge is 2.10. The molecule has 0 N–H and O–H groups in total. The van der Waals surface area contributed by atoms with Gasteiger partial charge < -0.3 is 14.2 Å². The fourth-order valence-electron chi connectivity index (χ4n) is 2.91. The molecule has 0 aliphatic carbocycles. The Morgan fingerprint density at radius 2 is 1.26 bits per heavy atom. The molecular weight excluding hydrogens is 392 g/mol. The molecule has 0 aliphatic rings. The molecule has 31 heavy (non-hydrogen) atoms. The lowest BCUT2D eigenvalue weighted by Crippen LogP contribution is -2.17. The number of carbonyl (C=O) groups excluding carboxylic acids is 2. The van der Waals surface area contributed by atoms with Crippen LogP contribution in [0.5, 0.6) is 17.2 Å². The van der Waals surface area contributed by atoms with E-state index in [1.54, 1.807) is 48.5 Å². The van der Waals surface area contributed by atoms with Crippen LogP contribution in [-0.4, -0.2) is 25.0 Å². The molecule has 3 aromatic rings. The van der Waals surface area contributed by atoms with Crippen LogP contribution in [0.25, 0.3) is 0 Å². The molecule has 3 rings (SSSR count). The van der Waals surface area contributed by atoms with Crippen molar-refractivity contribution in [3.8, 4) is 17.2 Å². The monoisotopic (exact) mass is 418 g/mol. The maximum atomic E-state index is 12.4. The molecule has 0 spiro atoms. The summed E-state index contributed by atoms with van der Waals surface area (Å²) in [6, 6.07) is 22.6. The Bertz CT molecular complexity index is 963. The number of ketones is 1. The lowest BCUT2D eigenvalue weighted by molar-refractivity contribution is -0.136. The third kappa shape index (κ3) is 7.00. The Labute approximate surface area is 182 Å². The molecule has 3 aromatic carbocycles. The van der Waals surface area contributed by atoms with Gasteiger partial charge in [-0.1, -0.05) is 50.1 Å². The molecule has 5 heteroatoms. The van der Waals surface area contributed by atoms with Crippen LogP contribution in [0.4, 0.5) is 0 Å². The van der Waals surface area contributed by atoms with Gasteiger partial charge in [0.15, 0.2) is 12.4 Å². The summed E-state index contributed by atoms with van der Waals surface area (Å²) in [5.74, 6) is 1.08. The second-order valence-corrected chi connectivity index (χ2v) is 7.01. The topological polar surface area (TPSA) is 61.8 Å².